The summed E-state index contributed by atoms with van der Waals surface area (Å²) in [5.74, 6) is -1.90. The Morgan fingerprint density at radius 1 is 1.50 bits per heavy atom. The van der Waals surface area contributed by atoms with Crippen molar-refractivity contribution >= 4 is 27.7 Å². The van der Waals surface area contributed by atoms with Gasteiger partial charge in [-0.1, -0.05) is 15.9 Å². The van der Waals surface area contributed by atoms with Crippen molar-refractivity contribution in [3.8, 4) is 0 Å². The second kappa shape index (κ2) is 5.21. The van der Waals surface area contributed by atoms with Crippen LogP contribution in [0.3, 0.4) is 0 Å². The van der Waals surface area contributed by atoms with Gasteiger partial charge < -0.3 is 5.11 Å². The van der Waals surface area contributed by atoms with Crippen LogP contribution in [0.1, 0.15) is 22.8 Å². The van der Waals surface area contributed by atoms with E-state index in [4.69, 9.17) is 5.11 Å². The number of aliphatic carboxylic acids is 1. The number of hydrogen-bond donors (Lipinski definition) is 1. The molecule has 0 aliphatic rings. The van der Waals surface area contributed by atoms with Crippen LogP contribution in [0.4, 0.5) is 4.39 Å². The van der Waals surface area contributed by atoms with E-state index in [1.165, 1.54) is 6.07 Å². The molecule has 86 valence electrons. The van der Waals surface area contributed by atoms with Gasteiger partial charge in [0.05, 0.1) is 11.2 Å². The lowest BCUT2D eigenvalue weighted by Gasteiger charge is -2.08. The highest BCUT2D eigenvalue weighted by atomic mass is 79.9. The third kappa shape index (κ3) is 3.13. The van der Waals surface area contributed by atoms with Crippen LogP contribution in [0.15, 0.2) is 18.2 Å². The van der Waals surface area contributed by atoms with Gasteiger partial charge >= 0.3 is 5.97 Å². The molecular weight excluding hydrogens is 279 g/mol. The summed E-state index contributed by atoms with van der Waals surface area (Å²) >= 11 is 3.10. The van der Waals surface area contributed by atoms with E-state index in [1.54, 1.807) is 6.92 Å². The lowest BCUT2D eigenvalue weighted by molar-refractivity contribution is -0.136. The Morgan fingerprint density at radius 3 is 2.62 bits per heavy atom. The summed E-state index contributed by atoms with van der Waals surface area (Å²) in [6.07, 6.45) is -0.363. The fourth-order valence-corrected chi connectivity index (χ4v) is 1.57. The van der Waals surface area contributed by atoms with Crippen molar-refractivity contribution in [3.63, 3.8) is 0 Å². The molecule has 0 spiro atoms. The van der Waals surface area contributed by atoms with Crippen LogP contribution in [0.5, 0.6) is 0 Å². The van der Waals surface area contributed by atoms with Gasteiger partial charge in [0.2, 0.25) is 0 Å². The molecule has 3 nitrogen and oxygen atoms in total. The van der Waals surface area contributed by atoms with Gasteiger partial charge in [-0.3, -0.25) is 9.59 Å². The molecule has 0 heterocycles. The Bertz CT molecular complexity index is 429. The van der Waals surface area contributed by atoms with Crippen LogP contribution in [0.2, 0.25) is 0 Å². The first kappa shape index (κ1) is 12.8. The SMILES string of the molecule is CC(Br)C(=O)c1ccc(F)cc1CC(=O)O. The predicted molar refractivity (Wildman–Crippen MR) is 60.5 cm³/mol. The smallest absolute Gasteiger partial charge is 0.307 e. The highest BCUT2D eigenvalue weighted by Gasteiger charge is 2.17. The second-order valence-electron chi connectivity index (χ2n) is 3.35. The summed E-state index contributed by atoms with van der Waals surface area (Å²) in [7, 11) is 0. The lowest BCUT2D eigenvalue weighted by Crippen LogP contribution is -2.14. The molecule has 1 rings (SSSR count). The molecule has 1 aromatic carbocycles. The quantitative estimate of drug-likeness (QED) is 0.684. The average molecular weight is 289 g/mol. The third-order valence-electron chi connectivity index (χ3n) is 2.04. The maximum atomic E-state index is 12.9. The van der Waals surface area contributed by atoms with E-state index in [0.717, 1.165) is 12.1 Å². The number of rotatable bonds is 4. The molecule has 0 fully saturated rings. The van der Waals surface area contributed by atoms with E-state index in [0.29, 0.717) is 0 Å². The van der Waals surface area contributed by atoms with Crippen LogP contribution in [-0.2, 0) is 11.2 Å². The van der Waals surface area contributed by atoms with Crippen LogP contribution >= 0.6 is 15.9 Å². The molecule has 1 aromatic rings. The van der Waals surface area contributed by atoms with E-state index in [-0.39, 0.29) is 23.3 Å². The average Bonchev–Trinajstić information content (AvgIpc) is 2.15. The zero-order valence-corrected chi connectivity index (χ0v) is 10.1. The molecular formula is C11H10BrFO3. The standard InChI is InChI=1S/C11H10BrFO3/c1-6(12)11(16)9-3-2-8(13)4-7(9)5-10(14)15/h2-4,6H,5H2,1H3,(H,14,15). The lowest BCUT2D eigenvalue weighted by atomic mass is 9.99. The Kier molecular flexibility index (Phi) is 4.18. The Hall–Kier alpha value is -1.23. The molecule has 0 aromatic heterocycles. The topological polar surface area (TPSA) is 54.4 Å². The van der Waals surface area contributed by atoms with Crippen molar-refractivity contribution in [2.75, 3.05) is 0 Å². The minimum atomic E-state index is -1.10. The van der Waals surface area contributed by atoms with Gasteiger partial charge in [0.15, 0.2) is 5.78 Å². The van der Waals surface area contributed by atoms with E-state index < -0.39 is 16.6 Å². The predicted octanol–water partition coefficient (Wildman–Crippen LogP) is 2.42. The number of carbonyl (C=O) groups excluding carboxylic acids is 1. The molecule has 1 N–H and O–H groups in total. The molecule has 0 aliphatic heterocycles. The number of carboxylic acids is 1. The molecule has 5 heteroatoms. The van der Waals surface area contributed by atoms with Gasteiger partial charge in [-0.05, 0) is 30.7 Å². The summed E-state index contributed by atoms with van der Waals surface area (Å²) in [4.78, 5) is 21.8. The van der Waals surface area contributed by atoms with Gasteiger partial charge in [0, 0.05) is 5.56 Å². The first-order valence-electron chi connectivity index (χ1n) is 4.60. The van der Waals surface area contributed by atoms with Gasteiger partial charge in [0.25, 0.3) is 0 Å². The van der Waals surface area contributed by atoms with Crippen molar-refractivity contribution in [3.05, 3.63) is 35.1 Å². The van der Waals surface area contributed by atoms with Crippen molar-refractivity contribution in [2.45, 2.75) is 18.2 Å². The molecule has 0 amide bonds. The summed E-state index contributed by atoms with van der Waals surface area (Å²) in [6.45, 7) is 1.64. The molecule has 0 bridgehead atoms. The number of carboxylic acid groups (broad SMARTS) is 1. The molecule has 16 heavy (non-hydrogen) atoms. The number of alkyl halides is 1. The maximum Gasteiger partial charge on any atom is 0.307 e. The second-order valence-corrected chi connectivity index (χ2v) is 4.73. The highest BCUT2D eigenvalue weighted by molar-refractivity contribution is 9.10. The van der Waals surface area contributed by atoms with Crippen LogP contribution in [-0.4, -0.2) is 21.7 Å². The first-order chi connectivity index (χ1) is 7.41. The van der Waals surface area contributed by atoms with Gasteiger partial charge in [-0.15, -0.1) is 0 Å². The van der Waals surface area contributed by atoms with Crippen molar-refractivity contribution in [1.29, 1.82) is 0 Å². The number of Topliss-reactive ketones (excluding diaryl/α,β-unsaturated/α-hetero) is 1. The van der Waals surface area contributed by atoms with E-state index in [9.17, 15) is 14.0 Å². The number of benzene rings is 1. The van der Waals surface area contributed by atoms with Crippen LogP contribution in [0, 0.1) is 5.82 Å². The first-order valence-corrected chi connectivity index (χ1v) is 5.52. The number of ketones is 1. The normalized spacial score (nSPS) is 12.2. The van der Waals surface area contributed by atoms with E-state index in [1.807, 2.05) is 0 Å². The van der Waals surface area contributed by atoms with E-state index >= 15 is 0 Å². The minimum Gasteiger partial charge on any atom is -0.481 e. The van der Waals surface area contributed by atoms with Crippen LogP contribution in [0.25, 0.3) is 0 Å². The van der Waals surface area contributed by atoms with Crippen molar-refractivity contribution in [2.24, 2.45) is 0 Å². The largest absolute Gasteiger partial charge is 0.481 e. The Morgan fingerprint density at radius 2 is 2.12 bits per heavy atom. The zero-order chi connectivity index (χ0) is 12.3. The number of hydrogen-bond acceptors (Lipinski definition) is 2. The van der Waals surface area contributed by atoms with Crippen LogP contribution < -0.4 is 0 Å². The summed E-state index contributed by atoms with van der Waals surface area (Å²) < 4.78 is 12.9. The number of carbonyl (C=O) groups is 2. The summed E-state index contributed by atoms with van der Waals surface area (Å²) in [5.41, 5.74) is 0.442. The molecule has 0 aliphatic carbocycles. The van der Waals surface area contributed by atoms with Gasteiger partial charge in [-0.25, -0.2) is 4.39 Å². The molecule has 0 radical (unpaired) electrons. The van der Waals surface area contributed by atoms with Gasteiger partial charge in [0.1, 0.15) is 5.82 Å². The van der Waals surface area contributed by atoms with E-state index in [2.05, 4.69) is 15.9 Å². The Balaban J connectivity index is 3.17. The highest BCUT2D eigenvalue weighted by Crippen LogP contribution is 2.17. The monoisotopic (exact) mass is 288 g/mol. The molecule has 0 saturated heterocycles. The molecule has 1 unspecified atom stereocenters. The van der Waals surface area contributed by atoms with Crippen molar-refractivity contribution in [1.82, 2.24) is 0 Å². The maximum absolute atomic E-state index is 12.9. The number of halogens is 2. The minimum absolute atomic E-state index is 0.198. The fraction of sp³-hybridized carbons (Fsp3) is 0.273. The van der Waals surface area contributed by atoms with Crippen molar-refractivity contribution < 1.29 is 19.1 Å². The third-order valence-corrected chi connectivity index (χ3v) is 2.45. The van der Waals surface area contributed by atoms with Gasteiger partial charge in [-0.2, -0.15) is 0 Å². The zero-order valence-electron chi connectivity index (χ0n) is 8.54. The summed E-state index contributed by atoms with van der Waals surface area (Å²) in [6, 6.07) is 3.54. The Labute approximate surface area is 100 Å². The molecule has 1 atom stereocenters. The summed E-state index contributed by atoms with van der Waals surface area (Å²) in [5, 5.41) is 8.66. The fourth-order valence-electron chi connectivity index (χ4n) is 1.33. The molecule has 0 saturated carbocycles.